The van der Waals surface area contributed by atoms with Gasteiger partial charge in [-0.3, -0.25) is 10.1 Å². The Hall–Kier alpha value is -3.75. The molecule has 0 radical (unpaired) electrons. The SMILES string of the molecule is C=C1C(=O)N=C(n2nc(C(C)(C)C)cc2NC(=O)NCc2ccc(OC)cc2)N=C1C. The molecule has 1 aromatic heterocycles. The van der Waals surface area contributed by atoms with Crippen LogP contribution in [0.1, 0.15) is 39.0 Å². The van der Waals surface area contributed by atoms with E-state index in [1.54, 1.807) is 20.1 Å². The molecule has 9 nitrogen and oxygen atoms in total. The van der Waals surface area contributed by atoms with Crippen molar-refractivity contribution in [2.45, 2.75) is 39.7 Å². The first-order valence-corrected chi connectivity index (χ1v) is 9.75. The van der Waals surface area contributed by atoms with Gasteiger partial charge in [0.15, 0.2) is 0 Å². The fraction of sp³-hybridized carbons (Fsp3) is 0.318. The zero-order valence-corrected chi connectivity index (χ0v) is 18.3. The summed E-state index contributed by atoms with van der Waals surface area (Å²) in [5, 5.41) is 10.1. The van der Waals surface area contributed by atoms with E-state index < -0.39 is 11.9 Å². The zero-order valence-electron chi connectivity index (χ0n) is 18.3. The van der Waals surface area contributed by atoms with Gasteiger partial charge < -0.3 is 10.1 Å². The summed E-state index contributed by atoms with van der Waals surface area (Å²) >= 11 is 0. The van der Waals surface area contributed by atoms with Crippen LogP contribution in [0.25, 0.3) is 0 Å². The highest BCUT2D eigenvalue weighted by atomic mass is 16.5. The minimum absolute atomic E-state index is 0.0795. The molecular weight excluding hydrogens is 396 g/mol. The van der Waals surface area contributed by atoms with E-state index in [9.17, 15) is 9.59 Å². The Balaban J connectivity index is 1.81. The van der Waals surface area contributed by atoms with Crippen LogP contribution in [0.3, 0.4) is 0 Å². The van der Waals surface area contributed by atoms with E-state index in [0.29, 0.717) is 23.8 Å². The molecule has 0 spiro atoms. The molecule has 1 aliphatic rings. The predicted octanol–water partition coefficient (Wildman–Crippen LogP) is 3.27. The summed E-state index contributed by atoms with van der Waals surface area (Å²) in [6.45, 7) is 11.7. The molecule has 0 bridgehead atoms. The van der Waals surface area contributed by atoms with Crippen LogP contribution in [0, 0.1) is 0 Å². The first-order chi connectivity index (χ1) is 14.6. The lowest BCUT2D eigenvalue weighted by Gasteiger charge is -2.14. The van der Waals surface area contributed by atoms with Crippen LogP contribution in [0.2, 0.25) is 0 Å². The van der Waals surface area contributed by atoms with Crippen LogP contribution in [0.5, 0.6) is 5.75 Å². The number of ether oxygens (including phenoxy) is 1. The quantitative estimate of drug-likeness (QED) is 0.737. The highest BCUT2D eigenvalue weighted by molar-refractivity contribution is 6.27. The highest BCUT2D eigenvalue weighted by Crippen LogP contribution is 2.25. The summed E-state index contributed by atoms with van der Waals surface area (Å²) in [7, 11) is 1.60. The smallest absolute Gasteiger partial charge is 0.320 e. The van der Waals surface area contributed by atoms with Crippen LogP contribution in [-0.2, 0) is 16.8 Å². The number of nitrogens with one attached hydrogen (secondary N) is 2. The Morgan fingerprint density at radius 2 is 1.87 bits per heavy atom. The Labute approximate surface area is 180 Å². The molecule has 2 aromatic rings. The Morgan fingerprint density at radius 1 is 1.19 bits per heavy atom. The highest BCUT2D eigenvalue weighted by Gasteiger charge is 2.25. The average molecular weight is 422 g/mol. The van der Waals surface area contributed by atoms with E-state index in [2.05, 4.69) is 32.3 Å². The van der Waals surface area contributed by atoms with Gasteiger partial charge in [0, 0.05) is 18.0 Å². The number of methoxy groups -OCH3 is 1. The number of benzene rings is 1. The summed E-state index contributed by atoms with van der Waals surface area (Å²) in [4.78, 5) is 32.9. The van der Waals surface area contributed by atoms with Gasteiger partial charge in [-0.2, -0.15) is 14.8 Å². The molecule has 0 atom stereocenters. The van der Waals surface area contributed by atoms with Crippen molar-refractivity contribution in [2.24, 2.45) is 9.98 Å². The Kier molecular flexibility index (Phi) is 6.05. The topological polar surface area (TPSA) is 110 Å². The van der Waals surface area contributed by atoms with Crippen LogP contribution in [0.15, 0.2) is 52.5 Å². The number of anilines is 1. The molecule has 0 saturated carbocycles. The second kappa shape index (κ2) is 8.55. The number of aromatic nitrogens is 2. The van der Waals surface area contributed by atoms with Crippen molar-refractivity contribution in [3.05, 3.63) is 53.7 Å². The lowest BCUT2D eigenvalue weighted by molar-refractivity contribution is -0.113. The largest absolute Gasteiger partial charge is 0.497 e. The fourth-order valence-corrected chi connectivity index (χ4v) is 2.73. The molecule has 0 fully saturated rings. The van der Waals surface area contributed by atoms with Gasteiger partial charge in [0.25, 0.3) is 11.9 Å². The summed E-state index contributed by atoms with van der Waals surface area (Å²) in [6, 6.07) is 8.71. The van der Waals surface area contributed by atoms with Crippen molar-refractivity contribution in [1.82, 2.24) is 15.1 Å². The lowest BCUT2D eigenvalue weighted by Crippen LogP contribution is -2.31. The van der Waals surface area contributed by atoms with E-state index in [-0.39, 0.29) is 16.9 Å². The van der Waals surface area contributed by atoms with Crippen LogP contribution >= 0.6 is 0 Å². The monoisotopic (exact) mass is 422 g/mol. The third kappa shape index (κ3) is 5.06. The number of nitrogens with zero attached hydrogens (tertiary/aromatic N) is 4. The van der Waals surface area contributed by atoms with Crippen LogP contribution in [-0.4, -0.2) is 40.5 Å². The third-order valence-corrected chi connectivity index (χ3v) is 4.69. The first-order valence-electron chi connectivity index (χ1n) is 9.75. The molecule has 2 N–H and O–H groups in total. The average Bonchev–Trinajstić information content (AvgIpc) is 3.14. The van der Waals surface area contributed by atoms with E-state index in [4.69, 9.17) is 4.74 Å². The number of hydrogen-bond donors (Lipinski definition) is 2. The predicted molar refractivity (Wildman–Crippen MR) is 120 cm³/mol. The number of rotatable bonds is 4. The molecule has 2 heterocycles. The number of carbonyl (C=O) groups is 2. The number of amides is 3. The molecule has 1 aromatic carbocycles. The zero-order chi connectivity index (χ0) is 22.8. The van der Waals surface area contributed by atoms with Crippen LogP contribution in [0.4, 0.5) is 10.6 Å². The summed E-state index contributed by atoms with van der Waals surface area (Å²) in [5.41, 5.74) is 2.03. The van der Waals surface area contributed by atoms with Gasteiger partial charge in [-0.05, 0) is 24.6 Å². The van der Waals surface area contributed by atoms with Gasteiger partial charge in [0.1, 0.15) is 11.6 Å². The molecule has 3 rings (SSSR count). The maximum Gasteiger partial charge on any atom is 0.320 e. The first kappa shape index (κ1) is 21.9. The van der Waals surface area contributed by atoms with Crippen molar-refractivity contribution in [3.63, 3.8) is 0 Å². The molecular formula is C22H26N6O3. The van der Waals surface area contributed by atoms with Crippen molar-refractivity contribution in [3.8, 4) is 5.75 Å². The standard InChI is InChI=1S/C22H26N6O3/c1-13-14(2)24-20(26-19(13)29)28-18(11-17(27-28)22(3,4)5)25-21(30)23-12-15-7-9-16(31-6)10-8-15/h7-11H,1,12H2,2-6H3,(H2,23,25,30). The molecule has 9 heteroatoms. The minimum Gasteiger partial charge on any atom is -0.497 e. The van der Waals surface area contributed by atoms with Gasteiger partial charge in [-0.1, -0.05) is 39.5 Å². The van der Waals surface area contributed by atoms with E-state index in [0.717, 1.165) is 11.3 Å². The van der Waals surface area contributed by atoms with Crippen LogP contribution < -0.4 is 15.4 Å². The minimum atomic E-state index is -0.481. The third-order valence-electron chi connectivity index (χ3n) is 4.69. The van der Waals surface area contributed by atoms with Crippen molar-refractivity contribution < 1.29 is 14.3 Å². The Morgan fingerprint density at radius 3 is 2.45 bits per heavy atom. The van der Waals surface area contributed by atoms with Gasteiger partial charge in [0.05, 0.1) is 24.1 Å². The van der Waals surface area contributed by atoms with Gasteiger partial charge in [-0.15, -0.1) is 0 Å². The molecule has 0 unspecified atom stereocenters. The van der Waals surface area contributed by atoms with Crippen molar-refractivity contribution in [1.29, 1.82) is 0 Å². The molecule has 1 aliphatic heterocycles. The second-order valence-corrected chi connectivity index (χ2v) is 8.13. The summed E-state index contributed by atoms with van der Waals surface area (Å²) in [6.07, 6.45) is 0. The maximum atomic E-state index is 12.5. The second-order valence-electron chi connectivity index (χ2n) is 8.13. The summed E-state index contributed by atoms with van der Waals surface area (Å²) < 4.78 is 6.50. The number of hydrogen-bond acceptors (Lipinski definition) is 5. The molecule has 31 heavy (non-hydrogen) atoms. The number of urea groups is 1. The van der Waals surface area contributed by atoms with E-state index in [1.165, 1.54) is 4.68 Å². The fourth-order valence-electron chi connectivity index (χ4n) is 2.73. The summed E-state index contributed by atoms with van der Waals surface area (Å²) in [5.74, 6) is 0.696. The molecule has 0 saturated heterocycles. The number of carbonyl (C=O) groups excluding carboxylic acids is 2. The van der Waals surface area contributed by atoms with E-state index in [1.807, 2.05) is 45.0 Å². The lowest BCUT2D eigenvalue weighted by atomic mass is 9.92. The van der Waals surface area contributed by atoms with Gasteiger partial charge in [0.2, 0.25) is 0 Å². The molecule has 0 aliphatic carbocycles. The van der Waals surface area contributed by atoms with Gasteiger partial charge >= 0.3 is 6.03 Å². The van der Waals surface area contributed by atoms with Crippen molar-refractivity contribution >= 4 is 29.4 Å². The number of aliphatic imine (C=N–C) groups is 2. The Bertz CT molecular complexity index is 1090. The van der Waals surface area contributed by atoms with E-state index >= 15 is 0 Å². The van der Waals surface area contributed by atoms with Gasteiger partial charge in [-0.25, -0.2) is 9.79 Å². The van der Waals surface area contributed by atoms with Crippen molar-refractivity contribution in [2.75, 3.05) is 12.4 Å². The normalized spacial score (nSPS) is 14.1. The maximum absolute atomic E-state index is 12.5. The molecule has 162 valence electrons. The molecule has 3 amide bonds.